The minimum absolute atomic E-state index is 0.0695. The molecule has 0 saturated heterocycles. The number of hydrogen-bond acceptors (Lipinski definition) is 2. The van der Waals surface area contributed by atoms with Crippen molar-refractivity contribution in [3.63, 3.8) is 0 Å². The lowest BCUT2D eigenvalue weighted by Crippen LogP contribution is -2.46. The molecular formula is C24H27FO3. The number of carbonyl (C=O) groups is 1. The standard InChI is InChI=1S/C24H27FO3/c1-13-6-19(28-22-5-2-16(24(26)27)12-21(22)25)3-4-20(13)23-17-8-14-7-15(10-17)11-18(23)9-14/h2-5,12-15,17-18,23H,6-11H2,1H3,(H,26,27). The lowest BCUT2D eigenvalue weighted by Gasteiger charge is -2.56. The Hall–Kier alpha value is -2.10. The fourth-order valence-corrected chi connectivity index (χ4v) is 6.68. The zero-order valence-corrected chi connectivity index (χ0v) is 16.2. The first-order valence-electron chi connectivity index (χ1n) is 10.6. The van der Waals surface area contributed by atoms with Crippen LogP contribution in [0.3, 0.4) is 0 Å². The second-order valence-corrected chi connectivity index (χ2v) is 9.41. The van der Waals surface area contributed by atoms with Crippen molar-refractivity contribution in [2.24, 2.45) is 35.5 Å². The van der Waals surface area contributed by atoms with E-state index in [-0.39, 0.29) is 11.3 Å². The zero-order chi connectivity index (χ0) is 19.4. The first-order chi connectivity index (χ1) is 13.5. The predicted octanol–water partition coefficient (Wildman–Crippen LogP) is 5.83. The normalized spacial score (nSPS) is 36.1. The largest absolute Gasteiger partial charge is 0.478 e. The van der Waals surface area contributed by atoms with Crippen molar-refractivity contribution in [1.29, 1.82) is 0 Å². The van der Waals surface area contributed by atoms with Crippen molar-refractivity contribution >= 4 is 5.97 Å². The maximum atomic E-state index is 14.2. The topological polar surface area (TPSA) is 46.5 Å². The van der Waals surface area contributed by atoms with Gasteiger partial charge in [0.15, 0.2) is 11.6 Å². The van der Waals surface area contributed by atoms with Gasteiger partial charge < -0.3 is 9.84 Å². The number of allylic oxidation sites excluding steroid dienone is 4. The molecule has 148 valence electrons. The van der Waals surface area contributed by atoms with Crippen LogP contribution in [0.5, 0.6) is 5.75 Å². The Morgan fingerprint density at radius 1 is 1.07 bits per heavy atom. The summed E-state index contributed by atoms with van der Waals surface area (Å²) in [6.07, 6.45) is 12.1. The van der Waals surface area contributed by atoms with Crippen LogP contribution >= 0.6 is 0 Å². The summed E-state index contributed by atoms with van der Waals surface area (Å²) in [5, 5.41) is 8.97. The van der Waals surface area contributed by atoms with Crippen LogP contribution in [0.1, 0.15) is 55.8 Å². The molecule has 1 unspecified atom stereocenters. The van der Waals surface area contributed by atoms with Crippen LogP contribution in [0, 0.1) is 41.3 Å². The van der Waals surface area contributed by atoms with Gasteiger partial charge in [-0.3, -0.25) is 0 Å². The van der Waals surface area contributed by atoms with E-state index in [1.165, 1.54) is 44.2 Å². The zero-order valence-electron chi connectivity index (χ0n) is 16.2. The van der Waals surface area contributed by atoms with Crippen molar-refractivity contribution in [1.82, 2.24) is 0 Å². The van der Waals surface area contributed by atoms with Crippen molar-refractivity contribution in [2.75, 3.05) is 0 Å². The van der Waals surface area contributed by atoms with Gasteiger partial charge in [0.2, 0.25) is 0 Å². The average molecular weight is 382 g/mol. The minimum atomic E-state index is -1.14. The van der Waals surface area contributed by atoms with Crippen LogP contribution in [0.4, 0.5) is 4.39 Å². The van der Waals surface area contributed by atoms with Crippen LogP contribution in [0.25, 0.3) is 0 Å². The van der Waals surface area contributed by atoms with Gasteiger partial charge in [-0.05, 0) is 91.9 Å². The molecule has 4 bridgehead atoms. The van der Waals surface area contributed by atoms with E-state index in [1.807, 2.05) is 6.08 Å². The van der Waals surface area contributed by atoms with E-state index < -0.39 is 11.8 Å². The first-order valence-corrected chi connectivity index (χ1v) is 10.6. The summed E-state index contributed by atoms with van der Waals surface area (Å²) >= 11 is 0. The van der Waals surface area contributed by atoms with Crippen LogP contribution in [-0.2, 0) is 0 Å². The first kappa shape index (κ1) is 18.0. The molecule has 0 amide bonds. The Morgan fingerprint density at radius 2 is 1.75 bits per heavy atom. The summed E-state index contributed by atoms with van der Waals surface area (Å²) in [5.41, 5.74) is 1.50. The van der Waals surface area contributed by atoms with Gasteiger partial charge in [0.05, 0.1) is 5.56 Å². The summed E-state index contributed by atoms with van der Waals surface area (Å²) in [5.74, 6) is 3.88. The van der Waals surface area contributed by atoms with Crippen LogP contribution < -0.4 is 4.74 Å². The Bertz CT molecular complexity index is 841. The molecule has 1 N–H and O–H groups in total. The fourth-order valence-electron chi connectivity index (χ4n) is 6.68. The molecular weight excluding hydrogens is 355 g/mol. The minimum Gasteiger partial charge on any atom is -0.478 e. The molecule has 0 radical (unpaired) electrons. The predicted molar refractivity (Wildman–Crippen MR) is 104 cm³/mol. The Morgan fingerprint density at radius 3 is 2.32 bits per heavy atom. The second-order valence-electron chi connectivity index (χ2n) is 9.41. The number of halogens is 1. The van der Waals surface area contributed by atoms with E-state index in [0.717, 1.165) is 47.8 Å². The molecule has 4 saturated carbocycles. The van der Waals surface area contributed by atoms with Gasteiger partial charge in [-0.15, -0.1) is 0 Å². The Labute approximate surface area is 165 Å². The molecule has 0 spiro atoms. The van der Waals surface area contributed by atoms with E-state index in [1.54, 1.807) is 5.57 Å². The highest BCUT2D eigenvalue weighted by molar-refractivity contribution is 5.87. The molecule has 28 heavy (non-hydrogen) atoms. The van der Waals surface area contributed by atoms with Gasteiger partial charge in [-0.25, -0.2) is 9.18 Å². The summed E-state index contributed by atoms with van der Waals surface area (Å²) in [4.78, 5) is 11.0. The van der Waals surface area contributed by atoms with E-state index in [9.17, 15) is 9.18 Å². The van der Waals surface area contributed by atoms with Crippen LogP contribution in [-0.4, -0.2) is 11.1 Å². The molecule has 1 atom stereocenters. The van der Waals surface area contributed by atoms with Gasteiger partial charge in [-0.1, -0.05) is 18.6 Å². The lowest BCUT2D eigenvalue weighted by molar-refractivity contribution is -0.0243. The van der Waals surface area contributed by atoms with Crippen molar-refractivity contribution in [2.45, 2.75) is 45.4 Å². The average Bonchev–Trinajstić information content (AvgIpc) is 2.64. The highest BCUT2D eigenvalue weighted by atomic mass is 19.1. The monoisotopic (exact) mass is 382 g/mol. The maximum Gasteiger partial charge on any atom is 0.335 e. The van der Waals surface area contributed by atoms with Crippen molar-refractivity contribution in [3.8, 4) is 5.75 Å². The van der Waals surface area contributed by atoms with Gasteiger partial charge in [0.25, 0.3) is 0 Å². The summed E-state index contributed by atoms with van der Waals surface area (Å²) in [6, 6.07) is 3.80. The third kappa shape index (κ3) is 3.07. The number of carboxylic acids is 1. The molecule has 0 aliphatic heterocycles. The smallest absolute Gasteiger partial charge is 0.335 e. The number of rotatable bonds is 4. The second kappa shape index (κ2) is 6.75. The molecule has 1 aromatic rings. The number of carboxylic acid groups (broad SMARTS) is 1. The van der Waals surface area contributed by atoms with Crippen LogP contribution in [0.2, 0.25) is 0 Å². The third-order valence-electron chi connectivity index (χ3n) is 7.57. The lowest BCUT2D eigenvalue weighted by atomic mass is 9.49. The van der Waals surface area contributed by atoms with Gasteiger partial charge >= 0.3 is 5.97 Å². The molecule has 1 aromatic carbocycles. The van der Waals surface area contributed by atoms with Gasteiger partial charge in [0.1, 0.15) is 5.76 Å². The van der Waals surface area contributed by atoms with Crippen LogP contribution in [0.15, 0.2) is 41.7 Å². The molecule has 5 aliphatic rings. The highest BCUT2D eigenvalue weighted by Crippen LogP contribution is 2.59. The molecule has 0 heterocycles. The number of hydrogen-bond donors (Lipinski definition) is 1. The van der Waals surface area contributed by atoms with Crippen molar-refractivity contribution < 1.29 is 19.0 Å². The molecule has 5 aliphatic carbocycles. The van der Waals surface area contributed by atoms with E-state index in [2.05, 4.69) is 13.0 Å². The number of benzene rings is 1. The maximum absolute atomic E-state index is 14.2. The highest BCUT2D eigenvalue weighted by Gasteiger charge is 2.49. The quantitative estimate of drug-likeness (QED) is 0.713. The molecule has 0 aromatic heterocycles. The molecule has 6 rings (SSSR count). The molecule has 4 heteroatoms. The summed E-state index contributed by atoms with van der Waals surface area (Å²) in [6.45, 7) is 2.26. The Kier molecular flexibility index (Phi) is 4.33. The van der Waals surface area contributed by atoms with Gasteiger partial charge in [-0.2, -0.15) is 0 Å². The van der Waals surface area contributed by atoms with Crippen molar-refractivity contribution in [3.05, 3.63) is 53.1 Å². The Balaban J connectivity index is 1.35. The number of ether oxygens (including phenoxy) is 1. The van der Waals surface area contributed by atoms with Gasteiger partial charge in [0, 0.05) is 6.42 Å². The summed E-state index contributed by atoms with van der Waals surface area (Å²) < 4.78 is 20.0. The van der Waals surface area contributed by atoms with E-state index in [0.29, 0.717) is 5.92 Å². The third-order valence-corrected chi connectivity index (χ3v) is 7.57. The molecule has 3 nitrogen and oxygen atoms in total. The van der Waals surface area contributed by atoms with E-state index in [4.69, 9.17) is 9.84 Å². The van der Waals surface area contributed by atoms with E-state index >= 15 is 0 Å². The molecule has 4 fully saturated rings. The summed E-state index contributed by atoms with van der Waals surface area (Å²) in [7, 11) is 0. The fraction of sp³-hybridized carbons (Fsp3) is 0.542. The SMILES string of the molecule is CC1CC(Oc2ccc(C(=O)O)cc2F)=CC=C1C1C2CC3CC(C2)CC1C3. The number of aromatic carboxylic acids is 1.